The third kappa shape index (κ3) is 3.30. The molecule has 0 aliphatic rings. The summed E-state index contributed by atoms with van der Waals surface area (Å²) in [6, 6.07) is 6.85. The summed E-state index contributed by atoms with van der Waals surface area (Å²) in [5, 5.41) is 9.75. The highest BCUT2D eigenvalue weighted by Gasteiger charge is 2.07. The Labute approximate surface area is 117 Å². The molecule has 1 heterocycles. The third-order valence-electron chi connectivity index (χ3n) is 2.23. The molecule has 92 valence electrons. The fourth-order valence-electron chi connectivity index (χ4n) is 1.31. The van der Waals surface area contributed by atoms with Crippen LogP contribution >= 0.6 is 27.7 Å². The number of hydrogen-bond acceptors (Lipinski definition) is 4. The molecule has 0 aliphatic heterocycles. The van der Waals surface area contributed by atoms with Crippen LogP contribution in [0, 0.1) is 0 Å². The molecule has 0 radical (unpaired) electrons. The van der Waals surface area contributed by atoms with Crippen molar-refractivity contribution in [1.29, 1.82) is 0 Å². The Morgan fingerprint density at radius 1 is 1.39 bits per heavy atom. The molecule has 0 fully saturated rings. The van der Waals surface area contributed by atoms with Crippen molar-refractivity contribution in [3.8, 4) is 0 Å². The molecule has 2 aromatic rings. The van der Waals surface area contributed by atoms with Gasteiger partial charge in [-0.1, -0.05) is 22.0 Å². The zero-order valence-electron chi connectivity index (χ0n) is 9.21. The van der Waals surface area contributed by atoms with Gasteiger partial charge in [-0.05, 0) is 23.8 Å². The number of carboxylic acid groups (broad SMARTS) is 1. The van der Waals surface area contributed by atoms with Crippen molar-refractivity contribution < 1.29 is 9.90 Å². The molecule has 0 unspecified atom stereocenters. The highest BCUT2D eigenvalue weighted by atomic mass is 79.9. The van der Waals surface area contributed by atoms with Gasteiger partial charge in [-0.3, -0.25) is 0 Å². The van der Waals surface area contributed by atoms with Crippen molar-refractivity contribution in [2.24, 2.45) is 0 Å². The lowest BCUT2D eigenvalue weighted by atomic mass is 10.1. The molecule has 0 bridgehead atoms. The topological polar surface area (TPSA) is 63.1 Å². The fraction of sp³-hybridized carbons (Fsp3) is 0.0833. The van der Waals surface area contributed by atoms with Gasteiger partial charge in [0.2, 0.25) is 0 Å². The molecule has 1 aromatic heterocycles. The Hall–Kier alpha value is -1.40. The summed E-state index contributed by atoms with van der Waals surface area (Å²) in [4.78, 5) is 18.8. The summed E-state index contributed by atoms with van der Waals surface area (Å²) < 4.78 is 0.795. The van der Waals surface area contributed by atoms with Crippen LogP contribution in [-0.4, -0.2) is 21.0 Å². The number of aromatic carboxylic acids is 1. The molecule has 0 amide bonds. The van der Waals surface area contributed by atoms with Gasteiger partial charge < -0.3 is 5.11 Å². The van der Waals surface area contributed by atoms with Crippen molar-refractivity contribution in [3.05, 3.63) is 52.4 Å². The van der Waals surface area contributed by atoms with Crippen molar-refractivity contribution >= 4 is 33.7 Å². The normalized spacial score (nSPS) is 10.3. The molecular weight excluding hydrogens is 316 g/mol. The van der Waals surface area contributed by atoms with Crippen molar-refractivity contribution in [1.82, 2.24) is 9.97 Å². The molecule has 1 aromatic carbocycles. The first-order valence-corrected chi connectivity index (χ1v) is 6.85. The molecule has 0 spiro atoms. The summed E-state index contributed by atoms with van der Waals surface area (Å²) in [6.45, 7) is 0. The fourth-order valence-corrected chi connectivity index (χ4v) is 2.85. The average Bonchev–Trinajstić information content (AvgIpc) is 2.38. The van der Waals surface area contributed by atoms with E-state index < -0.39 is 5.97 Å². The predicted molar refractivity (Wildman–Crippen MR) is 72.7 cm³/mol. The van der Waals surface area contributed by atoms with Crippen molar-refractivity contribution in [3.63, 3.8) is 0 Å². The van der Waals surface area contributed by atoms with Crippen molar-refractivity contribution in [2.45, 2.75) is 10.8 Å². The van der Waals surface area contributed by atoms with E-state index in [0.717, 1.165) is 20.8 Å². The molecule has 0 saturated carbocycles. The van der Waals surface area contributed by atoms with E-state index in [1.54, 1.807) is 30.1 Å². The lowest BCUT2D eigenvalue weighted by Gasteiger charge is -2.05. The van der Waals surface area contributed by atoms with E-state index >= 15 is 0 Å². The van der Waals surface area contributed by atoms with Crippen LogP contribution in [-0.2, 0) is 5.75 Å². The van der Waals surface area contributed by atoms with E-state index in [4.69, 9.17) is 5.11 Å². The van der Waals surface area contributed by atoms with E-state index in [1.165, 1.54) is 6.33 Å². The monoisotopic (exact) mass is 324 g/mol. The summed E-state index contributed by atoms with van der Waals surface area (Å²) >= 11 is 4.95. The molecule has 4 nitrogen and oxygen atoms in total. The number of rotatable bonds is 4. The van der Waals surface area contributed by atoms with Crippen LogP contribution < -0.4 is 0 Å². The van der Waals surface area contributed by atoms with Gasteiger partial charge in [0, 0.05) is 16.4 Å². The van der Waals surface area contributed by atoms with E-state index in [0.29, 0.717) is 0 Å². The minimum atomic E-state index is -0.925. The highest BCUT2D eigenvalue weighted by Crippen LogP contribution is 2.26. The van der Waals surface area contributed by atoms with Gasteiger partial charge in [0.05, 0.1) is 10.6 Å². The number of thioether (sulfide) groups is 1. The molecule has 1 N–H and O–H groups in total. The van der Waals surface area contributed by atoms with Crippen LogP contribution in [0.5, 0.6) is 0 Å². The van der Waals surface area contributed by atoms with Crippen molar-refractivity contribution in [2.75, 3.05) is 0 Å². The Kier molecular flexibility index (Phi) is 4.33. The van der Waals surface area contributed by atoms with Crippen LogP contribution in [0.3, 0.4) is 0 Å². The van der Waals surface area contributed by atoms with Gasteiger partial charge >= 0.3 is 5.97 Å². The van der Waals surface area contributed by atoms with Gasteiger partial charge in [-0.25, -0.2) is 14.8 Å². The molecular formula is C12H9BrN2O2S. The van der Waals surface area contributed by atoms with Crippen LogP contribution in [0.15, 0.2) is 46.3 Å². The molecule has 0 saturated heterocycles. The maximum Gasteiger partial charge on any atom is 0.335 e. The first-order valence-electron chi connectivity index (χ1n) is 5.07. The minimum absolute atomic E-state index is 0.276. The number of carboxylic acids is 1. The minimum Gasteiger partial charge on any atom is -0.478 e. The predicted octanol–water partition coefficient (Wildman–Crippen LogP) is 3.23. The van der Waals surface area contributed by atoms with E-state index in [1.807, 2.05) is 12.1 Å². The quantitative estimate of drug-likeness (QED) is 0.691. The Bertz CT molecular complexity index is 563. The van der Waals surface area contributed by atoms with E-state index in [-0.39, 0.29) is 5.56 Å². The van der Waals surface area contributed by atoms with Gasteiger partial charge in [-0.15, -0.1) is 11.8 Å². The van der Waals surface area contributed by atoms with E-state index in [2.05, 4.69) is 25.9 Å². The Morgan fingerprint density at radius 2 is 2.22 bits per heavy atom. The summed E-state index contributed by atoms with van der Waals surface area (Å²) in [5.41, 5.74) is 1.31. The second-order valence-corrected chi connectivity index (χ2v) is 5.30. The number of halogens is 1. The SMILES string of the molecule is O=C(O)c1ccc(CSc2ccncn2)c(Br)c1. The standard InChI is InChI=1S/C12H9BrN2O2S/c13-10-5-8(12(16)17)1-2-9(10)6-18-11-3-4-14-7-15-11/h1-5,7H,6H2,(H,16,17). The first-order chi connectivity index (χ1) is 8.66. The summed E-state index contributed by atoms with van der Waals surface area (Å²) in [6.07, 6.45) is 3.20. The van der Waals surface area contributed by atoms with E-state index in [9.17, 15) is 4.79 Å². The lowest BCUT2D eigenvalue weighted by molar-refractivity contribution is 0.0697. The molecule has 18 heavy (non-hydrogen) atoms. The number of carbonyl (C=O) groups is 1. The summed E-state index contributed by atoms with van der Waals surface area (Å²) in [5.74, 6) is -0.206. The number of nitrogens with zero attached hydrogens (tertiary/aromatic N) is 2. The largest absolute Gasteiger partial charge is 0.478 e. The van der Waals surface area contributed by atoms with Gasteiger partial charge in [0.25, 0.3) is 0 Å². The molecule has 6 heteroatoms. The molecule has 0 atom stereocenters. The molecule has 2 rings (SSSR count). The highest BCUT2D eigenvalue weighted by molar-refractivity contribution is 9.10. The second-order valence-electron chi connectivity index (χ2n) is 3.45. The summed E-state index contributed by atoms with van der Waals surface area (Å²) in [7, 11) is 0. The van der Waals surface area contributed by atoms with Gasteiger partial charge in [0.15, 0.2) is 0 Å². The zero-order valence-corrected chi connectivity index (χ0v) is 11.6. The number of aromatic nitrogens is 2. The Balaban J connectivity index is 2.08. The smallest absolute Gasteiger partial charge is 0.335 e. The maximum absolute atomic E-state index is 10.8. The Morgan fingerprint density at radius 3 is 2.83 bits per heavy atom. The van der Waals surface area contributed by atoms with Crippen LogP contribution in [0.1, 0.15) is 15.9 Å². The maximum atomic E-state index is 10.8. The van der Waals surface area contributed by atoms with Gasteiger partial charge in [0.1, 0.15) is 6.33 Å². The van der Waals surface area contributed by atoms with Crippen LogP contribution in [0.25, 0.3) is 0 Å². The average molecular weight is 325 g/mol. The number of benzene rings is 1. The lowest BCUT2D eigenvalue weighted by Crippen LogP contribution is -1.97. The molecule has 0 aliphatic carbocycles. The zero-order chi connectivity index (χ0) is 13.0. The second kappa shape index (κ2) is 5.97. The number of hydrogen-bond donors (Lipinski definition) is 1. The first kappa shape index (κ1) is 13.0. The van der Waals surface area contributed by atoms with Crippen LogP contribution in [0.2, 0.25) is 0 Å². The van der Waals surface area contributed by atoms with Gasteiger partial charge in [-0.2, -0.15) is 0 Å². The third-order valence-corrected chi connectivity index (χ3v) is 3.96. The van der Waals surface area contributed by atoms with Crippen LogP contribution in [0.4, 0.5) is 0 Å².